The van der Waals surface area contributed by atoms with E-state index in [2.05, 4.69) is 10.6 Å². The van der Waals surface area contributed by atoms with Crippen LogP contribution in [0.4, 0.5) is 14.9 Å². The molecule has 0 heterocycles. The summed E-state index contributed by atoms with van der Waals surface area (Å²) in [5, 5.41) is 13.3. The summed E-state index contributed by atoms with van der Waals surface area (Å²) >= 11 is 5.56. The summed E-state index contributed by atoms with van der Waals surface area (Å²) in [6.07, 6.45) is 0. The zero-order chi connectivity index (χ0) is 14.6. The maximum Gasteiger partial charge on any atom is 0.326 e. The van der Waals surface area contributed by atoms with Crippen molar-refractivity contribution in [3.63, 3.8) is 0 Å². The lowest BCUT2D eigenvalue weighted by atomic mass is 10.1. The van der Waals surface area contributed by atoms with Crippen LogP contribution in [0.2, 0.25) is 5.02 Å². The normalized spacial score (nSPS) is 12.1. The third kappa shape index (κ3) is 4.10. The van der Waals surface area contributed by atoms with Crippen LogP contribution in [0, 0.1) is 11.7 Å². The number of hydrogen-bond acceptors (Lipinski definition) is 2. The van der Waals surface area contributed by atoms with E-state index >= 15 is 0 Å². The summed E-state index contributed by atoms with van der Waals surface area (Å²) in [6.45, 7) is 3.30. The van der Waals surface area contributed by atoms with Crippen LogP contribution in [-0.2, 0) is 4.79 Å². The molecule has 0 aromatic heterocycles. The van der Waals surface area contributed by atoms with Crippen molar-refractivity contribution in [2.45, 2.75) is 19.9 Å². The molecule has 0 aliphatic heterocycles. The Bertz CT molecular complexity index is 494. The molecule has 19 heavy (non-hydrogen) atoms. The van der Waals surface area contributed by atoms with E-state index in [1.807, 2.05) is 0 Å². The highest BCUT2D eigenvalue weighted by Crippen LogP contribution is 2.21. The van der Waals surface area contributed by atoms with Crippen molar-refractivity contribution in [2.24, 2.45) is 5.92 Å². The highest BCUT2D eigenvalue weighted by Gasteiger charge is 2.23. The van der Waals surface area contributed by atoms with E-state index in [0.717, 1.165) is 0 Å². The number of hydrogen-bond donors (Lipinski definition) is 3. The number of urea groups is 1. The lowest BCUT2D eigenvalue weighted by Crippen LogP contribution is -2.46. The number of aliphatic carboxylic acids is 1. The van der Waals surface area contributed by atoms with Crippen LogP contribution in [0.5, 0.6) is 0 Å². The number of rotatable bonds is 4. The Balaban J connectivity index is 2.75. The summed E-state index contributed by atoms with van der Waals surface area (Å²) in [6, 6.07) is 2.28. The zero-order valence-electron chi connectivity index (χ0n) is 10.4. The van der Waals surface area contributed by atoms with Crippen molar-refractivity contribution in [2.75, 3.05) is 5.32 Å². The van der Waals surface area contributed by atoms with E-state index in [1.165, 1.54) is 18.2 Å². The molecular weight excluding hydrogens is 275 g/mol. The fraction of sp³-hybridized carbons (Fsp3) is 0.333. The van der Waals surface area contributed by atoms with E-state index < -0.39 is 23.9 Å². The predicted molar refractivity (Wildman–Crippen MR) is 69.8 cm³/mol. The van der Waals surface area contributed by atoms with E-state index in [-0.39, 0.29) is 16.6 Å². The van der Waals surface area contributed by atoms with Crippen LogP contribution in [0.3, 0.4) is 0 Å². The molecule has 104 valence electrons. The number of carbonyl (C=O) groups excluding carboxylic acids is 1. The lowest BCUT2D eigenvalue weighted by molar-refractivity contribution is -0.140. The zero-order valence-corrected chi connectivity index (χ0v) is 11.2. The number of amides is 2. The first-order valence-electron chi connectivity index (χ1n) is 5.57. The molecule has 0 saturated carbocycles. The average molecular weight is 289 g/mol. The molecule has 1 atom stereocenters. The van der Waals surface area contributed by atoms with Crippen LogP contribution in [0.1, 0.15) is 13.8 Å². The maximum atomic E-state index is 13.5. The quantitative estimate of drug-likeness (QED) is 0.797. The monoisotopic (exact) mass is 288 g/mol. The van der Waals surface area contributed by atoms with Crippen LogP contribution in [-0.4, -0.2) is 23.1 Å². The van der Waals surface area contributed by atoms with Crippen molar-refractivity contribution < 1.29 is 19.1 Å². The van der Waals surface area contributed by atoms with Gasteiger partial charge in [0.25, 0.3) is 0 Å². The minimum absolute atomic E-state index is 0.113. The highest BCUT2D eigenvalue weighted by atomic mass is 35.5. The Morgan fingerprint density at radius 1 is 1.37 bits per heavy atom. The van der Waals surface area contributed by atoms with Gasteiger partial charge >= 0.3 is 12.0 Å². The SMILES string of the molecule is CC(C)[C@@H](NC(=O)Nc1cccc(Cl)c1F)C(=O)O. The number of benzene rings is 1. The largest absolute Gasteiger partial charge is 0.480 e. The molecule has 0 aliphatic carbocycles. The Morgan fingerprint density at radius 3 is 2.53 bits per heavy atom. The first-order chi connectivity index (χ1) is 8.82. The van der Waals surface area contributed by atoms with E-state index in [1.54, 1.807) is 13.8 Å². The van der Waals surface area contributed by atoms with E-state index in [4.69, 9.17) is 16.7 Å². The molecule has 0 fully saturated rings. The van der Waals surface area contributed by atoms with Gasteiger partial charge in [0.05, 0.1) is 10.7 Å². The van der Waals surface area contributed by atoms with Crippen molar-refractivity contribution in [3.8, 4) is 0 Å². The summed E-state index contributed by atoms with van der Waals surface area (Å²) in [5.74, 6) is -2.22. The average Bonchev–Trinajstić information content (AvgIpc) is 2.31. The molecule has 0 saturated heterocycles. The van der Waals surface area contributed by atoms with Crippen LogP contribution in [0.15, 0.2) is 18.2 Å². The molecule has 0 aliphatic rings. The molecular formula is C12H14ClFN2O3. The Morgan fingerprint density at radius 2 is 2.00 bits per heavy atom. The third-order valence-electron chi connectivity index (χ3n) is 2.42. The Labute approximate surface area is 114 Å². The van der Waals surface area contributed by atoms with Crippen LogP contribution >= 0.6 is 11.6 Å². The molecule has 5 nitrogen and oxygen atoms in total. The predicted octanol–water partition coefficient (Wildman–Crippen LogP) is 2.71. The Hall–Kier alpha value is -1.82. The first-order valence-corrected chi connectivity index (χ1v) is 5.95. The van der Waals surface area contributed by atoms with Gasteiger partial charge < -0.3 is 15.7 Å². The number of carboxylic acids is 1. The van der Waals surface area contributed by atoms with Gasteiger partial charge in [-0.3, -0.25) is 0 Å². The highest BCUT2D eigenvalue weighted by molar-refractivity contribution is 6.31. The van der Waals surface area contributed by atoms with Gasteiger partial charge in [0.15, 0.2) is 5.82 Å². The summed E-state index contributed by atoms with van der Waals surface area (Å²) < 4.78 is 13.5. The molecule has 2 amide bonds. The van der Waals surface area contributed by atoms with E-state index in [9.17, 15) is 14.0 Å². The molecule has 1 aromatic rings. The molecule has 0 radical (unpaired) electrons. The topological polar surface area (TPSA) is 78.4 Å². The van der Waals surface area contributed by atoms with Gasteiger partial charge in [-0.1, -0.05) is 31.5 Å². The molecule has 3 N–H and O–H groups in total. The van der Waals surface area contributed by atoms with Crippen LogP contribution < -0.4 is 10.6 Å². The van der Waals surface area contributed by atoms with E-state index in [0.29, 0.717) is 0 Å². The van der Waals surface area contributed by atoms with Crippen molar-refractivity contribution >= 4 is 29.3 Å². The van der Waals surface area contributed by atoms with Gasteiger partial charge in [0, 0.05) is 0 Å². The Kier molecular flexibility index (Phi) is 5.11. The van der Waals surface area contributed by atoms with Crippen LogP contribution in [0.25, 0.3) is 0 Å². The molecule has 0 spiro atoms. The molecule has 1 aromatic carbocycles. The standard InChI is InChI=1S/C12H14ClFN2O3/c1-6(2)10(11(17)18)16-12(19)15-8-5-3-4-7(13)9(8)14/h3-6,10H,1-2H3,(H,17,18)(H2,15,16,19)/t10-/m1/s1. The minimum atomic E-state index is -1.16. The van der Waals surface area contributed by atoms with Gasteiger partial charge in [-0.25, -0.2) is 14.0 Å². The van der Waals surface area contributed by atoms with Crippen molar-refractivity contribution in [1.82, 2.24) is 5.32 Å². The van der Waals surface area contributed by atoms with Gasteiger partial charge in [-0.2, -0.15) is 0 Å². The molecule has 1 rings (SSSR count). The van der Waals surface area contributed by atoms with Gasteiger partial charge in [0.1, 0.15) is 6.04 Å². The maximum absolute atomic E-state index is 13.5. The van der Waals surface area contributed by atoms with Gasteiger partial charge in [-0.05, 0) is 18.1 Å². The third-order valence-corrected chi connectivity index (χ3v) is 2.71. The smallest absolute Gasteiger partial charge is 0.326 e. The second-order valence-corrected chi connectivity index (χ2v) is 4.67. The number of carboxylic acid groups (broad SMARTS) is 1. The fourth-order valence-electron chi connectivity index (χ4n) is 1.41. The van der Waals surface area contributed by atoms with Gasteiger partial charge in [-0.15, -0.1) is 0 Å². The molecule has 0 bridgehead atoms. The number of anilines is 1. The van der Waals surface area contributed by atoms with Crippen molar-refractivity contribution in [3.05, 3.63) is 29.0 Å². The minimum Gasteiger partial charge on any atom is -0.480 e. The number of carbonyl (C=O) groups is 2. The summed E-state index contributed by atoms with van der Waals surface area (Å²) in [4.78, 5) is 22.5. The lowest BCUT2D eigenvalue weighted by Gasteiger charge is -2.18. The molecule has 7 heteroatoms. The second kappa shape index (κ2) is 6.38. The fourth-order valence-corrected chi connectivity index (χ4v) is 1.59. The second-order valence-electron chi connectivity index (χ2n) is 4.26. The molecule has 0 unspecified atom stereocenters. The number of halogens is 2. The first kappa shape index (κ1) is 15.2. The summed E-state index contributed by atoms with van der Waals surface area (Å²) in [5.41, 5.74) is -0.113. The number of nitrogens with one attached hydrogen (secondary N) is 2. The van der Waals surface area contributed by atoms with Crippen molar-refractivity contribution in [1.29, 1.82) is 0 Å². The van der Waals surface area contributed by atoms with Gasteiger partial charge in [0.2, 0.25) is 0 Å². The summed E-state index contributed by atoms with van der Waals surface area (Å²) in [7, 11) is 0.